The average molecular weight is 418 g/mol. The lowest BCUT2D eigenvalue weighted by molar-refractivity contribution is -0.139. The smallest absolute Gasteiger partial charge is 0.237 e. The van der Waals surface area contributed by atoms with Crippen LogP contribution in [-0.2, 0) is 19.2 Å². The first kappa shape index (κ1) is 21.4. The summed E-state index contributed by atoms with van der Waals surface area (Å²) < 4.78 is 0. The zero-order chi connectivity index (χ0) is 20.6. The van der Waals surface area contributed by atoms with E-state index in [-0.39, 0.29) is 54.6 Å². The van der Waals surface area contributed by atoms with E-state index < -0.39 is 5.92 Å². The van der Waals surface area contributed by atoms with Crippen molar-refractivity contribution in [3.8, 4) is 0 Å². The van der Waals surface area contributed by atoms with Crippen molar-refractivity contribution < 1.29 is 19.2 Å². The van der Waals surface area contributed by atoms with E-state index in [4.69, 9.17) is 0 Å². The van der Waals surface area contributed by atoms with Crippen LogP contribution in [0.3, 0.4) is 0 Å². The van der Waals surface area contributed by atoms with Crippen molar-refractivity contribution in [2.24, 2.45) is 5.92 Å². The van der Waals surface area contributed by atoms with Crippen molar-refractivity contribution in [3.05, 3.63) is 35.9 Å². The SMILES string of the molecule is O=C(CSCC(=O)NCC1CCC1)NCCN1C(=O)CC(c2ccccc2)C1=O. The highest BCUT2D eigenvalue weighted by molar-refractivity contribution is 8.00. The molecule has 1 aliphatic carbocycles. The van der Waals surface area contributed by atoms with Gasteiger partial charge in [0.2, 0.25) is 23.6 Å². The van der Waals surface area contributed by atoms with Gasteiger partial charge in [0.1, 0.15) is 0 Å². The summed E-state index contributed by atoms with van der Waals surface area (Å²) in [6, 6.07) is 9.26. The molecule has 1 aromatic carbocycles. The van der Waals surface area contributed by atoms with Crippen LogP contribution in [0.5, 0.6) is 0 Å². The maximum absolute atomic E-state index is 12.5. The second-order valence-electron chi connectivity index (χ2n) is 7.49. The van der Waals surface area contributed by atoms with Gasteiger partial charge in [-0.05, 0) is 24.3 Å². The zero-order valence-corrected chi connectivity index (χ0v) is 17.2. The summed E-state index contributed by atoms with van der Waals surface area (Å²) in [5.74, 6) is -0.0787. The molecule has 2 N–H and O–H groups in total. The number of amides is 4. The number of hydrogen-bond acceptors (Lipinski definition) is 5. The Hall–Kier alpha value is -2.35. The Morgan fingerprint density at radius 3 is 2.38 bits per heavy atom. The number of benzene rings is 1. The Bertz CT molecular complexity index is 752. The number of imide groups is 1. The number of likely N-dealkylation sites (tertiary alicyclic amines) is 1. The Balaban J connectivity index is 1.31. The third-order valence-electron chi connectivity index (χ3n) is 5.38. The lowest BCUT2D eigenvalue weighted by Crippen LogP contribution is -2.39. The fourth-order valence-electron chi connectivity index (χ4n) is 3.46. The van der Waals surface area contributed by atoms with Crippen LogP contribution < -0.4 is 10.6 Å². The zero-order valence-electron chi connectivity index (χ0n) is 16.4. The van der Waals surface area contributed by atoms with E-state index in [0.717, 1.165) is 12.1 Å². The van der Waals surface area contributed by atoms with Crippen LogP contribution in [0.25, 0.3) is 0 Å². The van der Waals surface area contributed by atoms with E-state index in [2.05, 4.69) is 10.6 Å². The molecule has 7 nitrogen and oxygen atoms in total. The molecule has 1 aromatic rings. The lowest BCUT2D eigenvalue weighted by atomic mass is 9.85. The predicted octanol–water partition coefficient (Wildman–Crippen LogP) is 1.29. The summed E-state index contributed by atoms with van der Waals surface area (Å²) in [6.07, 6.45) is 3.79. The van der Waals surface area contributed by atoms with Gasteiger partial charge in [0.05, 0.1) is 17.4 Å². The van der Waals surface area contributed by atoms with Crippen LogP contribution in [0.4, 0.5) is 0 Å². The third kappa shape index (κ3) is 6.06. The minimum Gasteiger partial charge on any atom is -0.355 e. The van der Waals surface area contributed by atoms with E-state index in [1.54, 1.807) is 0 Å². The molecule has 1 heterocycles. The van der Waals surface area contributed by atoms with Crippen LogP contribution in [-0.4, -0.2) is 59.7 Å². The summed E-state index contributed by atoms with van der Waals surface area (Å²) in [6.45, 7) is 1.11. The molecule has 3 rings (SSSR count). The standard InChI is InChI=1S/C21H27N3O4S/c25-18(13-29-14-19(26)23-12-15-5-4-6-15)22-9-10-24-20(27)11-17(21(24)28)16-7-2-1-3-8-16/h1-3,7-8,15,17H,4-6,9-14H2,(H,22,25)(H,23,26). The van der Waals surface area contributed by atoms with Gasteiger partial charge in [0.15, 0.2) is 0 Å². The number of hydrogen-bond donors (Lipinski definition) is 2. The van der Waals surface area contributed by atoms with Gasteiger partial charge >= 0.3 is 0 Å². The van der Waals surface area contributed by atoms with Crippen molar-refractivity contribution in [1.82, 2.24) is 15.5 Å². The van der Waals surface area contributed by atoms with E-state index in [1.165, 1.54) is 35.9 Å². The van der Waals surface area contributed by atoms with Gasteiger partial charge < -0.3 is 10.6 Å². The quantitative estimate of drug-likeness (QED) is 0.560. The normalized spacial score (nSPS) is 19.2. The van der Waals surface area contributed by atoms with Crippen LogP contribution in [0.15, 0.2) is 30.3 Å². The second-order valence-corrected chi connectivity index (χ2v) is 8.48. The van der Waals surface area contributed by atoms with Gasteiger partial charge in [0, 0.05) is 26.1 Å². The predicted molar refractivity (Wildman–Crippen MR) is 111 cm³/mol. The van der Waals surface area contributed by atoms with Gasteiger partial charge in [-0.25, -0.2) is 0 Å². The molecule has 0 bridgehead atoms. The molecule has 0 radical (unpaired) electrons. The molecule has 0 spiro atoms. The molecule has 0 aromatic heterocycles. The third-order valence-corrected chi connectivity index (χ3v) is 6.32. The van der Waals surface area contributed by atoms with E-state index in [0.29, 0.717) is 5.92 Å². The Morgan fingerprint density at radius 2 is 1.72 bits per heavy atom. The Kier molecular flexibility index (Phi) is 7.69. The topological polar surface area (TPSA) is 95.6 Å². The van der Waals surface area contributed by atoms with Gasteiger partial charge in [-0.1, -0.05) is 36.8 Å². The molecule has 1 unspecified atom stereocenters. The fourth-order valence-corrected chi connectivity index (χ4v) is 4.14. The highest BCUT2D eigenvalue weighted by Gasteiger charge is 2.38. The molecule has 8 heteroatoms. The minimum absolute atomic E-state index is 0.0464. The average Bonchev–Trinajstić information content (AvgIpc) is 2.95. The van der Waals surface area contributed by atoms with Gasteiger partial charge in [-0.15, -0.1) is 11.8 Å². The largest absolute Gasteiger partial charge is 0.355 e. The maximum Gasteiger partial charge on any atom is 0.237 e. The van der Waals surface area contributed by atoms with Crippen molar-refractivity contribution in [1.29, 1.82) is 0 Å². The minimum atomic E-state index is -0.437. The molecule has 1 saturated carbocycles. The summed E-state index contributed by atoms with van der Waals surface area (Å²) in [5, 5.41) is 5.60. The first-order chi connectivity index (χ1) is 14.0. The van der Waals surface area contributed by atoms with E-state index in [1.807, 2.05) is 30.3 Å². The summed E-state index contributed by atoms with van der Waals surface area (Å²) >= 11 is 1.26. The van der Waals surface area contributed by atoms with Crippen molar-refractivity contribution in [3.63, 3.8) is 0 Å². The molecular formula is C21H27N3O4S. The lowest BCUT2D eigenvalue weighted by Gasteiger charge is -2.25. The molecule has 1 atom stereocenters. The Morgan fingerprint density at radius 1 is 1.03 bits per heavy atom. The first-order valence-electron chi connectivity index (χ1n) is 10.0. The van der Waals surface area contributed by atoms with E-state index in [9.17, 15) is 19.2 Å². The number of thioether (sulfide) groups is 1. The molecule has 1 aliphatic heterocycles. The Labute approximate surface area is 175 Å². The van der Waals surface area contributed by atoms with Gasteiger partial charge in [0.25, 0.3) is 0 Å². The number of carbonyl (C=O) groups is 4. The van der Waals surface area contributed by atoms with Gasteiger partial charge in [-0.3, -0.25) is 24.1 Å². The van der Waals surface area contributed by atoms with Crippen molar-refractivity contribution >= 4 is 35.4 Å². The molecule has 156 valence electrons. The molecule has 1 saturated heterocycles. The van der Waals surface area contributed by atoms with Gasteiger partial charge in [-0.2, -0.15) is 0 Å². The molecule has 29 heavy (non-hydrogen) atoms. The van der Waals surface area contributed by atoms with Crippen LogP contribution >= 0.6 is 11.8 Å². The maximum atomic E-state index is 12.5. The van der Waals surface area contributed by atoms with E-state index >= 15 is 0 Å². The molecule has 2 aliphatic rings. The van der Waals surface area contributed by atoms with Crippen molar-refractivity contribution in [2.45, 2.75) is 31.6 Å². The number of rotatable bonds is 10. The van der Waals surface area contributed by atoms with Crippen LogP contribution in [0.2, 0.25) is 0 Å². The highest BCUT2D eigenvalue weighted by Crippen LogP contribution is 2.29. The molecular weight excluding hydrogens is 390 g/mol. The number of carbonyl (C=O) groups excluding carboxylic acids is 4. The summed E-state index contributed by atoms with van der Waals surface area (Å²) in [5.41, 5.74) is 0.837. The van der Waals surface area contributed by atoms with Crippen LogP contribution in [0, 0.1) is 5.92 Å². The first-order valence-corrected chi connectivity index (χ1v) is 11.2. The fraction of sp³-hybridized carbons (Fsp3) is 0.524. The summed E-state index contributed by atoms with van der Waals surface area (Å²) in [4.78, 5) is 49.6. The van der Waals surface area contributed by atoms with Crippen molar-refractivity contribution in [2.75, 3.05) is 31.1 Å². The second kappa shape index (κ2) is 10.4. The van der Waals surface area contributed by atoms with Crippen LogP contribution in [0.1, 0.15) is 37.2 Å². The monoisotopic (exact) mass is 417 g/mol. The highest BCUT2D eigenvalue weighted by atomic mass is 32.2. The number of nitrogens with zero attached hydrogens (tertiary/aromatic N) is 1. The molecule has 2 fully saturated rings. The number of nitrogens with one attached hydrogen (secondary N) is 2. The summed E-state index contributed by atoms with van der Waals surface area (Å²) in [7, 11) is 0. The molecule has 4 amide bonds.